The fourth-order valence-corrected chi connectivity index (χ4v) is 8.84. The molecule has 3 aliphatic carbocycles. The lowest BCUT2D eigenvalue weighted by atomic mass is 9.54. The molecule has 4 aromatic carbocycles. The number of nitrogens with zero attached hydrogens (tertiary/aromatic N) is 1. The summed E-state index contributed by atoms with van der Waals surface area (Å²) in [7, 11) is 1.78. The molecule has 0 spiro atoms. The first kappa shape index (κ1) is 25.9. The van der Waals surface area contributed by atoms with Crippen LogP contribution in [0.25, 0.3) is 0 Å². The fraction of sp³-hybridized carbons (Fsp3) is 0.333. The van der Waals surface area contributed by atoms with E-state index in [2.05, 4.69) is 108 Å². The lowest BCUT2D eigenvalue weighted by molar-refractivity contribution is 0.00543. The molecule has 3 unspecified atom stereocenters. The first-order valence-corrected chi connectivity index (χ1v) is 15.7. The molecule has 1 heterocycles. The highest BCUT2D eigenvalue weighted by Crippen LogP contribution is 2.59. The van der Waals surface area contributed by atoms with Crippen molar-refractivity contribution < 1.29 is 9.47 Å². The van der Waals surface area contributed by atoms with Crippen molar-refractivity contribution >= 4 is 0 Å². The van der Waals surface area contributed by atoms with Gasteiger partial charge in [-0.3, -0.25) is 4.90 Å². The Labute approximate surface area is 249 Å². The molecule has 42 heavy (non-hydrogen) atoms. The molecule has 3 nitrogen and oxygen atoms in total. The van der Waals surface area contributed by atoms with Gasteiger partial charge in [0.15, 0.2) is 11.5 Å². The van der Waals surface area contributed by atoms with Crippen LogP contribution < -0.4 is 9.47 Å². The minimum Gasteiger partial charge on any atom is -0.493 e. The van der Waals surface area contributed by atoms with Crippen molar-refractivity contribution in [2.24, 2.45) is 5.92 Å². The Hall–Kier alpha value is -3.82. The molecule has 3 heteroatoms. The number of aryl methyl sites for hydroxylation is 2. The molecule has 8 rings (SSSR count). The molecule has 1 saturated heterocycles. The van der Waals surface area contributed by atoms with Crippen LogP contribution in [0.4, 0.5) is 0 Å². The van der Waals surface area contributed by atoms with Gasteiger partial charge in [0.1, 0.15) is 6.61 Å². The average molecular weight is 554 g/mol. The van der Waals surface area contributed by atoms with E-state index in [1.165, 1.54) is 45.4 Å². The highest BCUT2D eigenvalue weighted by Gasteiger charge is 2.55. The van der Waals surface area contributed by atoms with Gasteiger partial charge in [-0.25, -0.2) is 0 Å². The summed E-state index contributed by atoms with van der Waals surface area (Å²) in [6.45, 7) is 1.61. The number of hydrogen-bond donors (Lipinski definition) is 0. The van der Waals surface area contributed by atoms with E-state index in [0.717, 1.165) is 50.1 Å². The maximum atomic E-state index is 6.73. The largest absolute Gasteiger partial charge is 0.493 e. The van der Waals surface area contributed by atoms with Crippen molar-refractivity contribution in [3.8, 4) is 11.5 Å². The van der Waals surface area contributed by atoms with Crippen molar-refractivity contribution in [1.82, 2.24) is 4.90 Å². The summed E-state index contributed by atoms with van der Waals surface area (Å²) in [5.41, 5.74) is 10.00. The zero-order valence-electron chi connectivity index (χ0n) is 24.5. The van der Waals surface area contributed by atoms with E-state index in [1.807, 2.05) is 0 Å². The normalized spacial score (nSPS) is 24.5. The maximum absolute atomic E-state index is 6.73. The van der Waals surface area contributed by atoms with Gasteiger partial charge in [-0.1, -0.05) is 97.1 Å². The molecule has 0 saturated carbocycles. The second-order valence-electron chi connectivity index (χ2n) is 12.6. The van der Waals surface area contributed by atoms with Gasteiger partial charge >= 0.3 is 0 Å². The molecule has 4 aromatic rings. The summed E-state index contributed by atoms with van der Waals surface area (Å²) in [4.78, 5) is 2.91. The summed E-state index contributed by atoms with van der Waals surface area (Å²) in [5.74, 6) is 2.34. The maximum Gasteiger partial charge on any atom is 0.166 e. The first-order chi connectivity index (χ1) is 20.8. The van der Waals surface area contributed by atoms with Crippen LogP contribution in [0.3, 0.4) is 0 Å². The van der Waals surface area contributed by atoms with E-state index in [4.69, 9.17) is 9.47 Å². The van der Waals surface area contributed by atoms with Crippen LogP contribution in [0.2, 0.25) is 0 Å². The summed E-state index contributed by atoms with van der Waals surface area (Å²) in [6.07, 6.45) is 11.7. The van der Waals surface area contributed by atoms with Crippen LogP contribution in [0.5, 0.6) is 11.5 Å². The fourth-order valence-electron chi connectivity index (χ4n) is 8.84. The van der Waals surface area contributed by atoms with Gasteiger partial charge in [0.25, 0.3) is 0 Å². The number of rotatable bonds is 5. The zero-order valence-corrected chi connectivity index (χ0v) is 24.5. The number of ether oxygens (including phenoxy) is 2. The molecule has 0 aromatic heterocycles. The van der Waals surface area contributed by atoms with Gasteiger partial charge in [0, 0.05) is 23.6 Å². The van der Waals surface area contributed by atoms with Crippen LogP contribution in [-0.2, 0) is 31.3 Å². The Kier molecular flexibility index (Phi) is 6.45. The second kappa shape index (κ2) is 10.5. The lowest BCUT2D eigenvalue weighted by Crippen LogP contribution is -2.60. The van der Waals surface area contributed by atoms with Gasteiger partial charge in [0.05, 0.1) is 13.2 Å². The van der Waals surface area contributed by atoms with Crippen molar-refractivity contribution in [3.63, 3.8) is 0 Å². The van der Waals surface area contributed by atoms with E-state index >= 15 is 0 Å². The highest BCUT2D eigenvalue weighted by atomic mass is 16.5. The number of benzene rings is 4. The molecule has 0 amide bonds. The molecule has 1 fully saturated rings. The van der Waals surface area contributed by atoms with E-state index in [-0.39, 0.29) is 5.41 Å². The molecule has 1 aliphatic heterocycles. The number of methoxy groups -OCH3 is 1. The van der Waals surface area contributed by atoms with E-state index < -0.39 is 0 Å². The predicted octanol–water partition coefficient (Wildman–Crippen LogP) is 8.00. The zero-order chi connectivity index (χ0) is 28.1. The van der Waals surface area contributed by atoms with Crippen LogP contribution >= 0.6 is 0 Å². The minimum absolute atomic E-state index is 0.0304. The monoisotopic (exact) mass is 553 g/mol. The number of fused-ring (bicyclic) bond motifs is 3. The minimum atomic E-state index is -0.0304. The number of allylic oxidation sites excluding steroid dienone is 2. The van der Waals surface area contributed by atoms with Crippen LogP contribution in [-0.4, -0.2) is 24.6 Å². The summed E-state index contributed by atoms with van der Waals surface area (Å²) < 4.78 is 12.7. The van der Waals surface area contributed by atoms with Crippen LogP contribution in [0, 0.1) is 5.92 Å². The number of likely N-dealkylation sites (tertiary alicyclic amines) is 1. The van der Waals surface area contributed by atoms with Crippen molar-refractivity contribution in [3.05, 3.63) is 142 Å². The molecule has 3 atom stereocenters. The molecule has 212 valence electrons. The molecule has 0 N–H and O–H groups in total. The quantitative estimate of drug-likeness (QED) is 0.234. The topological polar surface area (TPSA) is 21.7 Å². The summed E-state index contributed by atoms with van der Waals surface area (Å²) in [5, 5.41) is 0. The van der Waals surface area contributed by atoms with E-state index in [0.29, 0.717) is 24.6 Å². The van der Waals surface area contributed by atoms with Gasteiger partial charge in [-0.2, -0.15) is 0 Å². The second-order valence-corrected chi connectivity index (χ2v) is 12.6. The lowest BCUT2D eigenvalue weighted by Gasteiger charge is -2.59. The average Bonchev–Trinajstić information content (AvgIpc) is 3.21. The standard InChI is InChI=1S/C39H39NO2/c1-41-35-21-20-30-25-34-33-17-9-10-22-39(33,36(30)38(35)42-26-27-11-3-2-4-12-27)23-24-40(34)37-31-15-7-5-13-28(31)18-19-29-14-6-8-16-32(29)37/h2-8,10-16,20-22,33-34,37H,9,17-19,23-26H2,1H3. The van der Waals surface area contributed by atoms with Gasteiger partial charge in [-0.15, -0.1) is 0 Å². The molecular weight excluding hydrogens is 514 g/mol. The SMILES string of the molecule is COc1ccc2c(c1OCc1ccccc1)C13C=CCCC1C(C2)N(C1c2ccccc2CCc2ccccc21)CC3. The van der Waals surface area contributed by atoms with Crippen molar-refractivity contribution in [2.75, 3.05) is 13.7 Å². The van der Waals surface area contributed by atoms with Crippen molar-refractivity contribution in [2.45, 2.75) is 62.6 Å². The molecule has 4 aliphatic rings. The number of hydrogen-bond acceptors (Lipinski definition) is 3. The Morgan fingerprint density at radius 3 is 2.26 bits per heavy atom. The van der Waals surface area contributed by atoms with Crippen molar-refractivity contribution in [1.29, 1.82) is 0 Å². The number of piperidine rings is 1. The van der Waals surface area contributed by atoms with Crippen LogP contribution in [0.15, 0.2) is 103 Å². The predicted molar refractivity (Wildman–Crippen MR) is 168 cm³/mol. The Balaban J connectivity index is 1.25. The highest BCUT2D eigenvalue weighted by molar-refractivity contribution is 5.59. The van der Waals surface area contributed by atoms with Gasteiger partial charge in [-0.05, 0) is 83.9 Å². The smallest absolute Gasteiger partial charge is 0.166 e. The molecular formula is C39H39NO2. The third kappa shape index (κ3) is 4.05. The molecule has 2 bridgehead atoms. The van der Waals surface area contributed by atoms with Crippen LogP contribution in [0.1, 0.15) is 64.2 Å². The third-order valence-electron chi connectivity index (χ3n) is 10.6. The van der Waals surface area contributed by atoms with Gasteiger partial charge < -0.3 is 9.47 Å². The third-order valence-corrected chi connectivity index (χ3v) is 10.6. The Morgan fingerprint density at radius 1 is 0.810 bits per heavy atom. The van der Waals surface area contributed by atoms with E-state index in [1.54, 1.807) is 7.11 Å². The molecule has 0 radical (unpaired) electrons. The first-order valence-electron chi connectivity index (χ1n) is 15.7. The summed E-state index contributed by atoms with van der Waals surface area (Å²) in [6, 6.07) is 34.2. The van der Waals surface area contributed by atoms with Gasteiger partial charge in [0.2, 0.25) is 0 Å². The van der Waals surface area contributed by atoms with E-state index in [9.17, 15) is 0 Å². The summed E-state index contributed by atoms with van der Waals surface area (Å²) >= 11 is 0. The Bertz CT molecular complexity index is 1590. The Morgan fingerprint density at radius 2 is 1.52 bits per heavy atom.